The molecule has 0 aliphatic rings. The summed E-state index contributed by atoms with van der Waals surface area (Å²) in [5, 5.41) is 4.55. The van der Waals surface area contributed by atoms with Gasteiger partial charge in [0.15, 0.2) is 0 Å². The van der Waals surface area contributed by atoms with Crippen molar-refractivity contribution in [3.8, 4) is 0 Å². The highest BCUT2D eigenvalue weighted by molar-refractivity contribution is 9.10. The Hall–Kier alpha value is -0.800. The zero-order valence-electron chi connectivity index (χ0n) is 10.5. The van der Waals surface area contributed by atoms with Crippen molar-refractivity contribution in [2.75, 3.05) is 6.54 Å². The average Bonchev–Trinajstić information content (AvgIpc) is 2.68. The van der Waals surface area contributed by atoms with Gasteiger partial charge in [-0.2, -0.15) is 0 Å². The van der Waals surface area contributed by atoms with E-state index in [2.05, 4.69) is 54.2 Å². The van der Waals surface area contributed by atoms with Gasteiger partial charge in [-0.3, -0.25) is 0 Å². The summed E-state index contributed by atoms with van der Waals surface area (Å²) < 4.78 is 6.85. The van der Waals surface area contributed by atoms with Crippen molar-refractivity contribution in [1.82, 2.24) is 5.32 Å². The predicted molar refractivity (Wildman–Crippen MR) is 75.4 cm³/mol. The second-order valence-electron chi connectivity index (χ2n) is 4.57. The first-order chi connectivity index (χ1) is 8.13. The lowest BCUT2D eigenvalue weighted by Crippen LogP contribution is -2.11. The lowest BCUT2D eigenvalue weighted by atomic mass is 10.00. The molecule has 0 bridgehead atoms. The molecule has 0 aliphatic carbocycles. The second kappa shape index (κ2) is 5.23. The standard InChI is InChI=1S/C14H18BrNO/c1-4-16-7-10-8-17-14-12(9(2)3)5-11(15)6-13(10)14/h5-6,8-9,16H,4,7H2,1-3H3. The maximum absolute atomic E-state index is 5.73. The van der Waals surface area contributed by atoms with E-state index in [-0.39, 0.29) is 0 Å². The summed E-state index contributed by atoms with van der Waals surface area (Å²) in [6, 6.07) is 4.28. The summed E-state index contributed by atoms with van der Waals surface area (Å²) in [5.41, 5.74) is 3.51. The van der Waals surface area contributed by atoms with Crippen molar-refractivity contribution in [1.29, 1.82) is 0 Å². The van der Waals surface area contributed by atoms with Crippen molar-refractivity contribution in [3.63, 3.8) is 0 Å². The van der Waals surface area contributed by atoms with Gasteiger partial charge in [-0.25, -0.2) is 0 Å². The van der Waals surface area contributed by atoms with E-state index < -0.39 is 0 Å². The molecule has 0 fully saturated rings. The Morgan fingerprint density at radius 2 is 2.12 bits per heavy atom. The molecule has 1 aromatic heterocycles. The van der Waals surface area contributed by atoms with E-state index in [0.717, 1.165) is 23.1 Å². The van der Waals surface area contributed by atoms with Gasteiger partial charge in [-0.15, -0.1) is 0 Å². The summed E-state index contributed by atoms with van der Waals surface area (Å²) in [6.45, 7) is 8.31. The van der Waals surface area contributed by atoms with Crippen LogP contribution in [0, 0.1) is 0 Å². The smallest absolute Gasteiger partial charge is 0.137 e. The van der Waals surface area contributed by atoms with E-state index in [1.54, 1.807) is 0 Å². The number of hydrogen-bond acceptors (Lipinski definition) is 2. The fourth-order valence-corrected chi connectivity index (χ4v) is 2.48. The van der Waals surface area contributed by atoms with Crippen molar-refractivity contribution in [2.24, 2.45) is 0 Å². The topological polar surface area (TPSA) is 25.2 Å². The molecule has 1 N–H and O–H groups in total. The molecule has 17 heavy (non-hydrogen) atoms. The molecule has 0 aliphatic heterocycles. The molecule has 1 aromatic carbocycles. The maximum atomic E-state index is 5.73. The quantitative estimate of drug-likeness (QED) is 0.903. The third-order valence-corrected chi connectivity index (χ3v) is 3.39. The molecular weight excluding hydrogens is 278 g/mol. The summed E-state index contributed by atoms with van der Waals surface area (Å²) in [6.07, 6.45) is 1.87. The minimum atomic E-state index is 0.466. The van der Waals surface area contributed by atoms with Crippen LogP contribution in [-0.2, 0) is 6.54 Å². The Bertz CT molecular complexity index is 516. The largest absolute Gasteiger partial charge is 0.464 e. The maximum Gasteiger partial charge on any atom is 0.137 e. The first kappa shape index (κ1) is 12.7. The molecule has 0 spiro atoms. The number of fused-ring (bicyclic) bond motifs is 1. The molecule has 3 heteroatoms. The molecule has 1 heterocycles. The number of rotatable bonds is 4. The summed E-state index contributed by atoms with van der Waals surface area (Å²) in [7, 11) is 0. The molecule has 2 aromatic rings. The molecule has 0 atom stereocenters. The van der Waals surface area contributed by atoms with Crippen LogP contribution in [0.2, 0.25) is 0 Å². The fourth-order valence-electron chi connectivity index (χ4n) is 2.00. The van der Waals surface area contributed by atoms with Crippen molar-refractivity contribution in [2.45, 2.75) is 33.2 Å². The van der Waals surface area contributed by atoms with Crippen LogP contribution in [0.5, 0.6) is 0 Å². The van der Waals surface area contributed by atoms with Gasteiger partial charge in [0.05, 0.1) is 6.26 Å². The zero-order chi connectivity index (χ0) is 12.4. The number of hydrogen-bond donors (Lipinski definition) is 1. The number of halogens is 1. The first-order valence-electron chi connectivity index (χ1n) is 6.03. The van der Waals surface area contributed by atoms with Crippen LogP contribution < -0.4 is 5.32 Å². The van der Waals surface area contributed by atoms with Crippen molar-refractivity contribution in [3.05, 3.63) is 34.0 Å². The zero-order valence-corrected chi connectivity index (χ0v) is 12.1. The normalized spacial score (nSPS) is 11.6. The summed E-state index contributed by atoms with van der Waals surface area (Å²) >= 11 is 3.58. The molecule has 2 rings (SSSR count). The highest BCUT2D eigenvalue weighted by Crippen LogP contribution is 2.32. The Morgan fingerprint density at radius 3 is 2.76 bits per heavy atom. The van der Waals surface area contributed by atoms with E-state index in [0.29, 0.717) is 5.92 Å². The lowest BCUT2D eigenvalue weighted by Gasteiger charge is -2.07. The molecule has 0 saturated carbocycles. The Labute approximate surface area is 111 Å². The van der Waals surface area contributed by atoms with Gasteiger partial charge in [0.2, 0.25) is 0 Å². The average molecular weight is 296 g/mol. The Balaban J connectivity index is 2.53. The van der Waals surface area contributed by atoms with Crippen LogP contribution in [0.3, 0.4) is 0 Å². The second-order valence-corrected chi connectivity index (χ2v) is 5.48. The molecule has 92 valence electrons. The summed E-state index contributed by atoms with van der Waals surface area (Å²) in [5.74, 6) is 0.466. The molecule has 0 amide bonds. The van der Waals surface area contributed by atoms with Gasteiger partial charge in [0, 0.05) is 22.0 Å². The van der Waals surface area contributed by atoms with E-state index in [1.165, 1.54) is 16.5 Å². The van der Waals surface area contributed by atoms with Gasteiger partial charge < -0.3 is 9.73 Å². The first-order valence-corrected chi connectivity index (χ1v) is 6.83. The highest BCUT2D eigenvalue weighted by Gasteiger charge is 2.13. The van der Waals surface area contributed by atoms with Crippen LogP contribution in [0.1, 0.15) is 37.8 Å². The SMILES string of the molecule is CCNCc1coc2c(C(C)C)cc(Br)cc12. The van der Waals surface area contributed by atoms with Gasteiger partial charge in [-0.1, -0.05) is 36.7 Å². The minimum absolute atomic E-state index is 0.466. The van der Waals surface area contributed by atoms with Gasteiger partial charge in [0.25, 0.3) is 0 Å². The number of benzene rings is 1. The predicted octanol–water partition coefficient (Wildman–Crippen LogP) is 4.43. The van der Waals surface area contributed by atoms with Gasteiger partial charge in [-0.05, 0) is 30.2 Å². The van der Waals surface area contributed by atoms with Crippen LogP contribution in [0.4, 0.5) is 0 Å². The third-order valence-electron chi connectivity index (χ3n) is 2.93. The van der Waals surface area contributed by atoms with Crippen LogP contribution in [0.15, 0.2) is 27.3 Å². The highest BCUT2D eigenvalue weighted by atomic mass is 79.9. The molecular formula is C14H18BrNO. The molecule has 0 radical (unpaired) electrons. The Morgan fingerprint density at radius 1 is 1.35 bits per heavy atom. The van der Waals surface area contributed by atoms with E-state index >= 15 is 0 Å². The van der Waals surface area contributed by atoms with E-state index in [1.807, 2.05) is 6.26 Å². The van der Waals surface area contributed by atoms with E-state index in [4.69, 9.17) is 4.42 Å². The number of nitrogens with one attached hydrogen (secondary N) is 1. The molecule has 0 saturated heterocycles. The number of furan rings is 1. The monoisotopic (exact) mass is 295 g/mol. The molecule has 0 unspecified atom stereocenters. The van der Waals surface area contributed by atoms with Crippen LogP contribution in [0.25, 0.3) is 11.0 Å². The van der Waals surface area contributed by atoms with Crippen molar-refractivity contribution < 1.29 is 4.42 Å². The minimum Gasteiger partial charge on any atom is -0.464 e. The lowest BCUT2D eigenvalue weighted by molar-refractivity contribution is 0.597. The molecule has 2 nitrogen and oxygen atoms in total. The Kier molecular flexibility index (Phi) is 3.89. The van der Waals surface area contributed by atoms with E-state index in [9.17, 15) is 0 Å². The summed E-state index contributed by atoms with van der Waals surface area (Å²) in [4.78, 5) is 0. The fraction of sp³-hybridized carbons (Fsp3) is 0.429. The van der Waals surface area contributed by atoms with Crippen LogP contribution in [-0.4, -0.2) is 6.54 Å². The van der Waals surface area contributed by atoms with Crippen LogP contribution >= 0.6 is 15.9 Å². The van der Waals surface area contributed by atoms with Gasteiger partial charge in [0.1, 0.15) is 5.58 Å². The van der Waals surface area contributed by atoms with Crippen molar-refractivity contribution >= 4 is 26.9 Å². The van der Waals surface area contributed by atoms with Gasteiger partial charge >= 0.3 is 0 Å². The third kappa shape index (κ3) is 2.55.